The monoisotopic (exact) mass is 533 g/mol. The molecule has 11 nitrogen and oxygen atoms in total. The molecule has 0 aliphatic carbocycles. The highest BCUT2D eigenvalue weighted by atomic mass is 16.5. The molecule has 0 aliphatic heterocycles. The number of nitrogens with one attached hydrogen (secondary N) is 2. The van der Waals surface area contributed by atoms with Crippen LogP contribution >= 0.6 is 0 Å². The Balaban J connectivity index is 1.61. The van der Waals surface area contributed by atoms with E-state index in [1.807, 2.05) is 36.4 Å². The van der Waals surface area contributed by atoms with Gasteiger partial charge in [0.1, 0.15) is 5.75 Å². The van der Waals surface area contributed by atoms with E-state index >= 15 is 0 Å². The van der Waals surface area contributed by atoms with Crippen molar-refractivity contribution in [2.45, 2.75) is 13.1 Å². The second kappa shape index (κ2) is 12.5. The molecule has 0 spiro atoms. The molecule has 0 amide bonds. The Labute approximate surface area is 226 Å². The van der Waals surface area contributed by atoms with Gasteiger partial charge < -0.3 is 34.3 Å². The number of ether oxygens (including phenoxy) is 5. The van der Waals surface area contributed by atoms with E-state index in [0.29, 0.717) is 47.4 Å². The van der Waals surface area contributed by atoms with Gasteiger partial charge in [0.05, 0.1) is 41.1 Å². The number of hydrogen-bond donors (Lipinski definition) is 2. The van der Waals surface area contributed by atoms with Gasteiger partial charge in [-0.2, -0.15) is 9.67 Å². The molecule has 11 heteroatoms. The SMILES string of the molecule is COc1ccc(CNc2nc(NCc3ccc(OC)c(OC)c3)n(C(=O)c3ccccc3OC)n2)cc1OC. The zero-order valence-corrected chi connectivity index (χ0v) is 22.5. The van der Waals surface area contributed by atoms with E-state index in [1.54, 1.807) is 52.7 Å². The van der Waals surface area contributed by atoms with Crippen LogP contribution in [-0.2, 0) is 13.1 Å². The topological polar surface area (TPSA) is 118 Å². The fourth-order valence-corrected chi connectivity index (χ4v) is 3.92. The van der Waals surface area contributed by atoms with Crippen LogP contribution in [0.5, 0.6) is 28.7 Å². The minimum absolute atomic E-state index is 0.260. The number of aromatic nitrogens is 3. The molecular formula is C28H31N5O6. The molecule has 0 unspecified atom stereocenters. The van der Waals surface area contributed by atoms with Gasteiger partial charge >= 0.3 is 0 Å². The number of nitrogens with zero attached hydrogens (tertiary/aromatic N) is 3. The van der Waals surface area contributed by atoms with Crippen molar-refractivity contribution in [3.63, 3.8) is 0 Å². The highest BCUT2D eigenvalue weighted by Crippen LogP contribution is 2.29. The molecule has 204 valence electrons. The van der Waals surface area contributed by atoms with Gasteiger partial charge in [-0.15, -0.1) is 5.10 Å². The van der Waals surface area contributed by atoms with Crippen molar-refractivity contribution in [1.29, 1.82) is 0 Å². The Bertz CT molecular complexity index is 1440. The first-order valence-electron chi connectivity index (χ1n) is 12.1. The third-order valence-corrected chi connectivity index (χ3v) is 5.93. The second-order valence-electron chi connectivity index (χ2n) is 8.26. The molecular weight excluding hydrogens is 502 g/mol. The summed E-state index contributed by atoms with van der Waals surface area (Å²) in [5, 5.41) is 10.8. The molecule has 0 saturated heterocycles. The van der Waals surface area contributed by atoms with E-state index in [1.165, 1.54) is 11.8 Å². The summed E-state index contributed by atoms with van der Waals surface area (Å²) >= 11 is 0. The number of para-hydroxylation sites is 1. The number of carbonyl (C=O) groups is 1. The van der Waals surface area contributed by atoms with E-state index in [4.69, 9.17) is 23.7 Å². The molecule has 1 aromatic heterocycles. The summed E-state index contributed by atoms with van der Waals surface area (Å²) in [7, 11) is 7.84. The van der Waals surface area contributed by atoms with Crippen LogP contribution in [0, 0.1) is 0 Å². The first kappa shape index (κ1) is 27.1. The molecule has 2 N–H and O–H groups in total. The lowest BCUT2D eigenvalue weighted by Crippen LogP contribution is -2.18. The smallest absolute Gasteiger partial charge is 0.285 e. The van der Waals surface area contributed by atoms with Crippen molar-refractivity contribution >= 4 is 17.8 Å². The number of hydrogen-bond acceptors (Lipinski definition) is 10. The van der Waals surface area contributed by atoms with E-state index < -0.39 is 5.91 Å². The average Bonchev–Trinajstić information content (AvgIpc) is 3.41. The predicted octanol–water partition coefficient (Wildman–Crippen LogP) is 4.23. The molecule has 4 rings (SSSR count). The molecule has 0 radical (unpaired) electrons. The number of anilines is 2. The van der Waals surface area contributed by atoms with Gasteiger partial charge in [-0.3, -0.25) is 4.79 Å². The molecule has 0 aliphatic rings. The molecule has 1 heterocycles. The maximum Gasteiger partial charge on any atom is 0.285 e. The Kier molecular flexibility index (Phi) is 8.72. The van der Waals surface area contributed by atoms with Crippen molar-refractivity contribution in [2.75, 3.05) is 46.2 Å². The molecule has 0 fully saturated rings. The van der Waals surface area contributed by atoms with Gasteiger partial charge in [-0.05, 0) is 47.5 Å². The lowest BCUT2D eigenvalue weighted by atomic mass is 10.2. The van der Waals surface area contributed by atoms with Crippen LogP contribution < -0.4 is 34.3 Å². The van der Waals surface area contributed by atoms with Crippen LogP contribution in [0.25, 0.3) is 0 Å². The van der Waals surface area contributed by atoms with Crippen LogP contribution in [0.1, 0.15) is 21.5 Å². The van der Waals surface area contributed by atoms with Gasteiger partial charge in [0.2, 0.25) is 11.9 Å². The van der Waals surface area contributed by atoms with Gasteiger partial charge in [-0.25, -0.2) is 0 Å². The first-order chi connectivity index (χ1) is 19.0. The molecule has 0 bridgehead atoms. The lowest BCUT2D eigenvalue weighted by molar-refractivity contribution is 0.0944. The minimum atomic E-state index is -0.395. The summed E-state index contributed by atoms with van der Waals surface area (Å²) < 4.78 is 28.0. The van der Waals surface area contributed by atoms with Crippen LogP contribution in [0.3, 0.4) is 0 Å². The normalized spacial score (nSPS) is 10.5. The Morgan fingerprint density at radius 3 is 1.79 bits per heavy atom. The third kappa shape index (κ3) is 6.15. The summed E-state index contributed by atoms with van der Waals surface area (Å²) in [5.74, 6) is 3.03. The Morgan fingerprint density at radius 1 is 0.692 bits per heavy atom. The van der Waals surface area contributed by atoms with Crippen LogP contribution in [0.15, 0.2) is 60.7 Å². The van der Waals surface area contributed by atoms with Crippen LogP contribution in [0.2, 0.25) is 0 Å². The number of benzene rings is 3. The summed E-state index contributed by atoms with van der Waals surface area (Å²) in [4.78, 5) is 18.1. The zero-order chi connectivity index (χ0) is 27.8. The van der Waals surface area contributed by atoms with Gasteiger partial charge in [0.25, 0.3) is 5.91 Å². The second-order valence-corrected chi connectivity index (χ2v) is 8.26. The fraction of sp³-hybridized carbons (Fsp3) is 0.250. The summed E-state index contributed by atoms with van der Waals surface area (Å²) in [6, 6.07) is 18.1. The van der Waals surface area contributed by atoms with Crippen molar-refractivity contribution in [3.05, 3.63) is 77.4 Å². The summed E-state index contributed by atoms with van der Waals surface area (Å²) in [5.41, 5.74) is 2.16. The van der Waals surface area contributed by atoms with Crippen molar-refractivity contribution in [2.24, 2.45) is 0 Å². The standard InChI is InChI=1S/C28H31N5O6/c1-35-21-9-7-6-8-20(21)26(34)33-28(30-17-19-11-13-23(37-3)25(15-19)39-5)31-27(32-33)29-16-18-10-12-22(36-2)24(14-18)38-4/h6-15H,16-17H2,1-5H3,(H2,29,30,31,32). The largest absolute Gasteiger partial charge is 0.496 e. The third-order valence-electron chi connectivity index (χ3n) is 5.93. The van der Waals surface area contributed by atoms with Gasteiger partial charge in [0, 0.05) is 13.1 Å². The van der Waals surface area contributed by atoms with E-state index in [-0.39, 0.29) is 11.9 Å². The Morgan fingerprint density at radius 2 is 1.23 bits per heavy atom. The number of rotatable bonds is 12. The molecule has 4 aromatic rings. The zero-order valence-electron chi connectivity index (χ0n) is 22.5. The Hall–Kier alpha value is -4.93. The number of methoxy groups -OCH3 is 5. The quantitative estimate of drug-likeness (QED) is 0.274. The fourth-order valence-electron chi connectivity index (χ4n) is 3.92. The molecule has 0 saturated carbocycles. The van der Waals surface area contributed by atoms with E-state index in [9.17, 15) is 4.79 Å². The van der Waals surface area contributed by atoms with Gasteiger partial charge in [0.15, 0.2) is 23.0 Å². The van der Waals surface area contributed by atoms with Crippen molar-refractivity contribution in [1.82, 2.24) is 14.8 Å². The molecule has 39 heavy (non-hydrogen) atoms. The van der Waals surface area contributed by atoms with Crippen molar-refractivity contribution < 1.29 is 28.5 Å². The van der Waals surface area contributed by atoms with E-state index in [0.717, 1.165) is 11.1 Å². The highest BCUT2D eigenvalue weighted by molar-refractivity contribution is 5.99. The van der Waals surface area contributed by atoms with Crippen LogP contribution in [0.4, 0.5) is 11.9 Å². The summed E-state index contributed by atoms with van der Waals surface area (Å²) in [6.07, 6.45) is 0. The maximum absolute atomic E-state index is 13.5. The first-order valence-corrected chi connectivity index (χ1v) is 12.1. The predicted molar refractivity (Wildman–Crippen MR) is 146 cm³/mol. The number of carbonyl (C=O) groups excluding carboxylic acids is 1. The summed E-state index contributed by atoms with van der Waals surface area (Å²) in [6.45, 7) is 0.746. The average molecular weight is 534 g/mol. The van der Waals surface area contributed by atoms with Crippen molar-refractivity contribution in [3.8, 4) is 28.7 Å². The minimum Gasteiger partial charge on any atom is -0.496 e. The van der Waals surface area contributed by atoms with Crippen LogP contribution in [-0.4, -0.2) is 56.2 Å². The lowest BCUT2D eigenvalue weighted by Gasteiger charge is -2.11. The van der Waals surface area contributed by atoms with Gasteiger partial charge in [-0.1, -0.05) is 24.3 Å². The highest BCUT2D eigenvalue weighted by Gasteiger charge is 2.21. The molecule has 3 aromatic carbocycles. The maximum atomic E-state index is 13.5. The molecule has 0 atom stereocenters. The van der Waals surface area contributed by atoms with E-state index in [2.05, 4.69) is 20.7 Å².